The van der Waals surface area contributed by atoms with Gasteiger partial charge in [0.1, 0.15) is 6.07 Å². The topological polar surface area (TPSA) is 41.6 Å². The van der Waals surface area contributed by atoms with Crippen LogP contribution in [0.4, 0.5) is 0 Å². The molecule has 2 aromatic carbocycles. The van der Waals surface area contributed by atoms with Gasteiger partial charge in [-0.2, -0.15) is 5.26 Å². The third-order valence-electron chi connectivity index (χ3n) is 4.32. The van der Waals surface area contributed by atoms with E-state index < -0.39 is 0 Å². The Morgan fingerprint density at radius 2 is 1.92 bits per heavy atom. The van der Waals surface area contributed by atoms with Gasteiger partial charge >= 0.3 is 0 Å². The molecule has 0 aliphatic heterocycles. The predicted octanol–water partition coefficient (Wildman–Crippen LogP) is 4.87. The number of para-hydroxylation sites is 1. The van der Waals surface area contributed by atoms with E-state index in [0.29, 0.717) is 5.56 Å². The summed E-state index contributed by atoms with van der Waals surface area (Å²) < 4.78 is 2.06. The van der Waals surface area contributed by atoms with E-state index in [-0.39, 0.29) is 0 Å². The minimum absolute atomic E-state index is 0.669. The Bertz CT molecular complexity index is 1080. The standard InChI is InChI=1S/C21H15N3/c1-15-8-10-23-14-19(15)16-6-7-21-17(12-16)9-11-24(21)20-5-3-2-4-18(20)13-22/h2-12,14H,1H3. The van der Waals surface area contributed by atoms with E-state index in [4.69, 9.17) is 0 Å². The lowest BCUT2D eigenvalue weighted by molar-refractivity contribution is 1.12. The Balaban J connectivity index is 1.88. The number of hydrogen-bond donors (Lipinski definition) is 0. The van der Waals surface area contributed by atoms with Crippen molar-refractivity contribution in [1.82, 2.24) is 9.55 Å². The molecule has 0 bridgehead atoms. The molecule has 0 N–H and O–H groups in total. The zero-order valence-electron chi connectivity index (χ0n) is 13.3. The highest BCUT2D eigenvalue weighted by molar-refractivity contribution is 5.87. The molecule has 0 spiro atoms. The summed E-state index contributed by atoms with van der Waals surface area (Å²) in [6, 6.07) is 20.4. The predicted molar refractivity (Wildman–Crippen MR) is 96.0 cm³/mol. The molecule has 24 heavy (non-hydrogen) atoms. The first-order valence-electron chi connectivity index (χ1n) is 7.79. The van der Waals surface area contributed by atoms with Crippen molar-refractivity contribution in [3.05, 3.63) is 84.3 Å². The number of rotatable bonds is 2. The van der Waals surface area contributed by atoms with Crippen molar-refractivity contribution in [2.45, 2.75) is 6.92 Å². The molecule has 3 nitrogen and oxygen atoms in total. The molecule has 0 saturated carbocycles. The average Bonchev–Trinajstić information content (AvgIpc) is 3.05. The van der Waals surface area contributed by atoms with Gasteiger partial charge in [-0.3, -0.25) is 4.98 Å². The summed E-state index contributed by atoms with van der Waals surface area (Å²) in [5, 5.41) is 10.5. The van der Waals surface area contributed by atoms with Gasteiger partial charge in [0, 0.05) is 29.5 Å². The number of aryl methyl sites for hydroxylation is 1. The van der Waals surface area contributed by atoms with Crippen LogP contribution in [-0.4, -0.2) is 9.55 Å². The average molecular weight is 309 g/mol. The molecule has 4 rings (SSSR count). The van der Waals surface area contributed by atoms with Gasteiger partial charge in [-0.15, -0.1) is 0 Å². The van der Waals surface area contributed by atoms with Crippen LogP contribution in [-0.2, 0) is 0 Å². The maximum atomic E-state index is 9.34. The van der Waals surface area contributed by atoms with Crippen LogP contribution < -0.4 is 0 Å². The van der Waals surface area contributed by atoms with Gasteiger partial charge in [0.2, 0.25) is 0 Å². The monoisotopic (exact) mass is 309 g/mol. The summed E-state index contributed by atoms with van der Waals surface area (Å²) in [6.45, 7) is 2.09. The Labute approximate surface area is 140 Å². The summed E-state index contributed by atoms with van der Waals surface area (Å²) >= 11 is 0. The molecular formula is C21H15N3. The van der Waals surface area contributed by atoms with E-state index in [1.54, 1.807) is 0 Å². The van der Waals surface area contributed by atoms with E-state index in [1.165, 1.54) is 5.56 Å². The van der Waals surface area contributed by atoms with E-state index in [0.717, 1.165) is 27.7 Å². The van der Waals surface area contributed by atoms with Crippen molar-refractivity contribution >= 4 is 10.9 Å². The van der Waals surface area contributed by atoms with Gasteiger partial charge in [0.15, 0.2) is 0 Å². The Hall–Kier alpha value is -3.38. The van der Waals surface area contributed by atoms with Crippen molar-refractivity contribution in [3.63, 3.8) is 0 Å². The molecule has 2 aromatic heterocycles. The van der Waals surface area contributed by atoms with Crippen molar-refractivity contribution in [2.75, 3.05) is 0 Å². The second-order valence-corrected chi connectivity index (χ2v) is 5.78. The zero-order valence-corrected chi connectivity index (χ0v) is 13.3. The fraction of sp³-hybridized carbons (Fsp3) is 0.0476. The van der Waals surface area contributed by atoms with E-state index in [9.17, 15) is 5.26 Å². The molecule has 0 atom stereocenters. The molecule has 0 aliphatic rings. The number of nitrogens with zero attached hydrogens (tertiary/aromatic N) is 3. The number of pyridine rings is 1. The van der Waals surface area contributed by atoms with Crippen LogP contribution in [0, 0.1) is 18.3 Å². The van der Waals surface area contributed by atoms with Gasteiger partial charge in [-0.05, 0) is 54.4 Å². The Morgan fingerprint density at radius 3 is 2.75 bits per heavy atom. The zero-order chi connectivity index (χ0) is 16.5. The van der Waals surface area contributed by atoms with Crippen molar-refractivity contribution in [3.8, 4) is 22.9 Å². The molecule has 0 unspecified atom stereocenters. The highest BCUT2D eigenvalue weighted by atomic mass is 15.0. The Morgan fingerprint density at radius 1 is 1.04 bits per heavy atom. The number of aromatic nitrogens is 2. The first-order valence-corrected chi connectivity index (χ1v) is 7.79. The molecule has 0 fully saturated rings. The molecule has 0 saturated heterocycles. The second kappa shape index (κ2) is 5.68. The van der Waals surface area contributed by atoms with Crippen LogP contribution in [0.2, 0.25) is 0 Å². The minimum Gasteiger partial charge on any atom is -0.315 e. The maximum Gasteiger partial charge on any atom is 0.101 e. The Kier molecular flexibility index (Phi) is 3.36. The van der Waals surface area contributed by atoms with Crippen LogP contribution in [0.25, 0.3) is 27.7 Å². The molecule has 0 radical (unpaired) electrons. The fourth-order valence-electron chi connectivity index (χ4n) is 3.06. The van der Waals surface area contributed by atoms with Crippen LogP contribution in [0.15, 0.2) is 73.2 Å². The molecule has 0 amide bonds. The lowest BCUT2D eigenvalue weighted by atomic mass is 10.0. The summed E-state index contributed by atoms with van der Waals surface area (Å²) in [7, 11) is 0. The lowest BCUT2D eigenvalue weighted by Gasteiger charge is -2.09. The highest BCUT2D eigenvalue weighted by Crippen LogP contribution is 2.29. The van der Waals surface area contributed by atoms with Crippen LogP contribution in [0.3, 0.4) is 0 Å². The summed E-state index contributed by atoms with van der Waals surface area (Å²) in [5.41, 5.74) is 6.16. The summed E-state index contributed by atoms with van der Waals surface area (Å²) in [5.74, 6) is 0. The van der Waals surface area contributed by atoms with Crippen molar-refractivity contribution in [2.24, 2.45) is 0 Å². The van der Waals surface area contributed by atoms with Crippen molar-refractivity contribution < 1.29 is 0 Å². The van der Waals surface area contributed by atoms with Gasteiger partial charge in [-0.1, -0.05) is 18.2 Å². The van der Waals surface area contributed by atoms with Crippen LogP contribution in [0.5, 0.6) is 0 Å². The number of hydrogen-bond acceptors (Lipinski definition) is 2. The highest BCUT2D eigenvalue weighted by Gasteiger charge is 2.09. The van der Waals surface area contributed by atoms with Crippen molar-refractivity contribution in [1.29, 1.82) is 5.26 Å². The fourth-order valence-corrected chi connectivity index (χ4v) is 3.06. The van der Waals surface area contributed by atoms with E-state index in [1.807, 2.05) is 48.9 Å². The number of nitriles is 1. The summed E-state index contributed by atoms with van der Waals surface area (Å²) in [6.07, 6.45) is 5.73. The SMILES string of the molecule is Cc1ccncc1-c1ccc2c(ccn2-c2ccccc2C#N)c1. The molecular weight excluding hydrogens is 294 g/mol. The number of benzene rings is 2. The molecule has 0 aliphatic carbocycles. The van der Waals surface area contributed by atoms with Gasteiger partial charge in [0.25, 0.3) is 0 Å². The third-order valence-corrected chi connectivity index (χ3v) is 4.32. The maximum absolute atomic E-state index is 9.34. The quantitative estimate of drug-likeness (QED) is 0.530. The smallest absolute Gasteiger partial charge is 0.101 e. The normalized spacial score (nSPS) is 10.7. The van der Waals surface area contributed by atoms with Gasteiger partial charge in [0.05, 0.1) is 16.8 Å². The van der Waals surface area contributed by atoms with E-state index in [2.05, 4.69) is 46.8 Å². The minimum atomic E-state index is 0.669. The molecule has 3 heteroatoms. The molecule has 114 valence electrons. The molecule has 2 heterocycles. The van der Waals surface area contributed by atoms with Crippen LogP contribution >= 0.6 is 0 Å². The first kappa shape index (κ1) is 14.2. The molecule has 4 aromatic rings. The van der Waals surface area contributed by atoms with Gasteiger partial charge < -0.3 is 4.57 Å². The third kappa shape index (κ3) is 2.26. The summed E-state index contributed by atoms with van der Waals surface area (Å²) in [4.78, 5) is 4.24. The second-order valence-electron chi connectivity index (χ2n) is 5.78. The van der Waals surface area contributed by atoms with Crippen LogP contribution in [0.1, 0.15) is 11.1 Å². The largest absolute Gasteiger partial charge is 0.315 e. The number of fused-ring (bicyclic) bond motifs is 1. The lowest BCUT2D eigenvalue weighted by Crippen LogP contribution is -1.95. The first-order chi connectivity index (χ1) is 11.8. The van der Waals surface area contributed by atoms with Gasteiger partial charge in [-0.25, -0.2) is 0 Å². The van der Waals surface area contributed by atoms with E-state index >= 15 is 0 Å².